The van der Waals surface area contributed by atoms with Gasteiger partial charge in [-0.25, -0.2) is 14.5 Å². The molecule has 39 heavy (non-hydrogen) atoms. The average molecular weight is 539 g/mol. The van der Waals surface area contributed by atoms with E-state index in [4.69, 9.17) is 23.4 Å². The van der Waals surface area contributed by atoms with Crippen molar-refractivity contribution in [3.05, 3.63) is 59.6 Å². The van der Waals surface area contributed by atoms with Crippen LogP contribution in [0.4, 0.5) is 9.59 Å². The third-order valence-corrected chi connectivity index (χ3v) is 6.50. The van der Waals surface area contributed by atoms with Crippen LogP contribution in [0.5, 0.6) is 5.75 Å². The van der Waals surface area contributed by atoms with Gasteiger partial charge in [-0.2, -0.15) is 0 Å². The Labute approximate surface area is 222 Å². The molecule has 5 rings (SSSR count). The van der Waals surface area contributed by atoms with Gasteiger partial charge in [0.15, 0.2) is 12.3 Å². The van der Waals surface area contributed by atoms with Crippen molar-refractivity contribution < 1.29 is 42.5 Å². The molecule has 0 spiro atoms. The predicted octanol–water partition coefficient (Wildman–Crippen LogP) is 2.39. The standard InChI is InChI=1S/C26H26N4O9/c1-3-36-8-9-37-25(34)38-15-30-23(32)26(28-24(30)33,21-10-17-12-27-7-6-20(17)39-21)14-29-13-16-4-5-18(35-2)11-19(16)22(29)31/h4-7,10-12H,3,8-9,13-15H2,1-2H3,(H,28,33)/t26-/m0/s1. The molecule has 2 aliphatic rings. The molecular formula is C26H26N4O9. The van der Waals surface area contributed by atoms with Gasteiger partial charge in [-0.05, 0) is 36.8 Å². The summed E-state index contributed by atoms with van der Waals surface area (Å²) in [6, 6.07) is 7.53. The normalized spacial score (nSPS) is 18.5. The summed E-state index contributed by atoms with van der Waals surface area (Å²) in [6.45, 7) is 1.64. The van der Waals surface area contributed by atoms with E-state index in [2.05, 4.69) is 10.3 Å². The summed E-state index contributed by atoms with van der Waals surface area (Å²) < 4.78 is 26.2. The number of hydrogen-bond acceptors (Lipinski definition) is 10. The van der Waals surface area contributed by atoms with Crippen molar-refractivity contribution in [3.8, 4) is 5.75 Å². The second-order valence-corrected chi connectivity index (χ2v) is 8.85. The van der Waals surface area contributed by atoms with E-state index >= 15 is 0 Å². The Hall–Kier alpha value is -4.65. The first-order chi connectivity index (χ1) is 18.9. The molecule has 204 valence electrons. The van der Waals surface area contributed by atoms with Gasteiger partial charge in [0.25, 0.3) is 11.8 Å². The van der Waals surface area contributed by atoms with E-state index < -0.39 is 30.4 Å². The first-order valence-electron chi connectivity index (χ1n) is 12.2. The van der Waals surface area contributed by atoms with Crippen molar-refractivity contribution in [3.63, 3.8) is 0 Å². The summed E-state index contributed by atoms with van der Waals surface area (Å²) in [7, 11) is 1.50. The maximum Gasteiger partial charge on any atom is 0.510 e. The third kappa shape index (κ3) is 4.83. The summed E-state index contributed by atoms with van der Waals surface area (Å²) >= 11 is 0. The van der Waals surface area contributed by atoms with Crippen LogP contribution >= 0.6 is 0 Å². The van der Waals surface area contributed by atoms with E-state index in [9.17, 15) is 19.2 Å². The topological polar surface area (TPSA) is 150 Å². The Morgan fingerprint density at radius 1 is 1.15 bits per heavy atom. The maximum absolute atomic E-state index is 13.9. The second kappa shape index (κ2) is 10.6. The number of benzene rings is 1. The van der Waals surface area contributed by atoms with Crippen LogP contribution in [0.15, 0.2) is 47.1 Å². The zero-order valence-corrected chi connectivity index (χ0v) is 21.3. The van der Waals surface area contributed by atoms with Gasteiger partial charge in [0.1, 0.15) is 23.7 Å². The zero-order chi connectivity index (χ0) is 27.6. The average Bonchev–Trinajstić information content (AvgIpc) is 3.58. The quantitative estimate of drug-likeness (QED) is 0.232. The molecule has 13 nitrogen and oxygen atoms in total. The van der Waals surface area contributed by atoms with Gasteiger partial charge in [0, 0.05) is 36.5 Å². The molecule has 2 aliphatic heterocycles. The van der Waals surface area contributed by atoms with Gasteiger partial charge < -0.3 is 33.6 Å². The van der Waals surface area contributed by atoms with Gasteiger partial charge in [-0.3, -0.25) is 14.6 Å². The molecule has 0 saturated carbocycles. The fourth-order valence-corrected chi connectivity index (χ4v) is 4.56. The SMILES string of the molecule is CCOCCOC(=O)OCN1C(=O)N[C@@](CN2Cc3ccc(OC)cc3C2=O)(c2cc3cnccc3o2)C1=O. The number of carbonyl (C=O) groups is 4. The molecule has 3 aromatic rings. The molecule has 1 fully saturated rings. The number of pyridine rings is 1. The third-order valence-electron chi connectivity index (χ3n) is 6.50. The van der Waals surface area contributed by atoms with Crippen molar-refractivity contribution in [1.29, 1.82) is 0 Å². The largest absolute Gasteiger partial charge is 0.510 e. The minimum Gasteiger partial charge on any atom is -0.497 e. The van der Waals surface area contributed by atoms with Crippen molar-refractivity contribution in [2.45, 2.75) is 19.0 Å². The number of furan rings is 1. The molecule has 2 aromatic heterocycles. The molecule has 1 aromatic carbocycles. The van der Waals surface area contributed by atoms with Gasteiger partial charge in [-0.15, -0.1) is 0 Å². The van der Waals surface area contributed by atoms with E-state index in [0.717, 1.165) is 10.5 Å². The number of aromatic nitrogens is 1. The molecule has 4 heterocycles. The van der Waals surface area contributed by atoms with Crippen LogP contribution in [-0.2, 0) is 31.1 Å². The lowest BCUT2D eigenvalue weighted by Crippen LogP contribution is -2.52. The summed E-state index contributed by atoms with van der Waals surface area (Å²) in [4.78, 5) is 58.4. The Kier molecular flexibility index (Phi) is 7.07. The van der Waals surface area contributed by atoms with Gasteiger partial charge in [-0.1, -0.05) is 6.07 Å². The van der Waals surface area contributed by atoms with E-state index in [1.807, 2.05) is 0 Å². The molecular weight excluding hydrogens is 512 g/mol. The summed E-state index contributed by atoms with van der Waals surface area (Å²) in [5.74, 6) is -0.476. The number of rotatable bonds is 10. The van der Waals surface area contributed by atoms with Crippen molar-refractivity contribution in [2.75, 3.05) is 40.2 Å². The highest BCUT2D eigenvalue weighted by molar-refractivity contribution is 6.08. The fraction of sp³-hybridized carbons (Fsp3) is 0.346. The summed E-state index contributed by atoms with van der Waals surface area (Å²) in [5.41, 5.74) is -0.170. The minimum atomic E-state index is -1.79. The Morgan fingerprint density at radius 2 is 2.00 bits per heavy atom. The Bertz CT molecular complexity index is 1400. The molecule has 1 N–H and O–H groups in total. The summed E-state index contributed by atoms with van der Waals surface area (Å²) in [5, 5.41) is 3.28. The molecule has 0 aliphatic carbocycles. The molecule has 0 radical (unpaired) electrons. The van der Waals surface area contributed by atoms with Gasteiger partial charge >= 0.3 is 12.2 Å². The Balaban J connectivity index is 1.41. The van der Waals surface area contributed by atoms with Crippen LogP contribution in [0.3, 0.4) is 0 Å². The van der Waals surface area contributed by atoms with Gasteiger partial charge in [0.05, 0.1) is 20.3 Å². The fourth-order valence-electron chi connectivity index (χ4n) is 4.56. The first-order valence-corrected chi connectivity index (χ1v) is 12.2. The van der Waals surface area contributed by atoms with E-state index in [1.165, 1.54) is 18.2 Å². The number of fused-ring (bicyclic) bond motifs is 2. The predicted molar refractivity (Wildman–Crippen MR) is 133 cm³/mol. The molecule has 1 atom stereocenters. The van der Waals surface area contributed by atoms with E-state index in [1.54, 1.807) is 43.5 Å². The zero-order valence-electron chi connectivity index (χ0n) is 21.3. The smallest absolute Gasteiger partial charge is 0.497 e. The highest BCUT2D eigenvalue weighted by atomic mass is 16.7. The number of hydrogen-bond donors (Lipinski definition) is 1. The number of imide groups is 1. The number of amides is 4. The number of ether oxygens (including phenoxy) is 4. The molecule has 1 saturated heterocycles. The minimum absolute atomic E-state index is 0.0494. The lowest BCUT2D eigenvalue weighted by atomic mass is 9.95. The molecule has 0 unspecified atom stereocenters. The van der Waals surface area contributed by atoms with E-state index in [0.29, 0.717) is 28.9 Å². The number of nitrogens with one attached hydrogen (secondary N) is 1. The Morgan fingerprint density at radius 3 is 2.77 bits per heavy atom. The highest BCUT2D eigenvalue weighted by Crippen LogP contribution is 2.37. The molecule has 4 amide bonds. The van der Waals surface area contributed by atoms with Gasteiger partial charge in [0.2, 0.25) is 0 Å². The van der Waals surface area contributed by atoms with Crippen molar-refractivity contribution in [1.82, 2.24) is 20.1 Å². The van der Waals surface area contributed by atoms with Crippen LogP contribution in [0.2, 0.25) is 0 Å². The van der Waals surface area contributed by atoms with Crippen LogP contribution in [0.25, 0.3) is 11.0 Å². The highest BCUT2D eigenvalue weighted by Gasteiger charge is 2.57. The first kappa shape index (κ1) is 26.0. The molecule has 0 bridgehead atoms. The number of methoxy groups -OCH3 is 1. The van der Waals surface area contributed by atoms with E-state index in [-0.39, 0.29) is 38.0 Å². The monoisotopic (exact) mass is 538 g/mol. The molecule has 13 heteroatoms. The van der Waals surface area contributed by atoms with Crippen LogP contribution in [0, 0.1) is 0 Å². The van der Waals surface area contributed by atoms with Crippen LogP contribution < -0.4 is 10.1 Å². The maximum atomic E-state index is 13.9. The van der Waals surface area contributed by atoms with Crippen molar-refractivity contribution in [2.24, 2.45) is 0 Å². The van der Waals surface area contributed by atoms with Crippen LogP contribution in [-0.4, -0.2) is 79.0 Å². The summed E-state index contributed by atoms with van der Waals surface area (Å²) in [6.07, 6.45) is 2.02. The lowest BCUT2D eigenvalue weighted by molar-refractivity contribution is -0.135. The number of urea groups is 1. The van der Waals surface area contributed by atoms with Crippen molar-refractivity contribution >= 4 is 35.0 Å². The number of carbonyl (C=O) groups excluding carboxylic acids is 4. The lowest BCUT2D eigenvalue weighted by Gasteiger charge is -2.29. The second-order valence-electron chi connectivity index (χ2n) is 8.85. The van der Waals surface area contributed by atoms with Crippen LogP contribution in [0.1, 0.15) is 28.6 Å². The number of nitrogens with zero attached hydrogens (tertiary/aromatic N) is 3.